The molecule has 2 rings (SSSR count). The topological polar surface area (TPSA) is 63.3 Å². The van der Waals surface area contributed by atoms with Crippen LogP contribution in [-0.2, 0) is 4.79 Å². The predicted molar refractivity (Wildman–Crippen MR) is 58.4 cm³/mol. The molecule has 0 aromatic carbocycles. The van der Waals surface area contributed by atoms with Crippen molar-refractivity contribution in [3.8, 4) is 0 Å². The number of nitrogens with two attached hydrogens (primary N) is 1. The molecule has 0 aliphatic heterocycles. The molecule has 2 saturated carbocycles. The van der Waals surface area contributed by atoms with Gasteiger partial charge in [-0.25, -0.2) is 0 Å². The van der Waals surface area contributed by atoms with Gasteiger partial charge in [0.15, 0.2) is 0 Å². The molecule has 3 N–H and O–H groups in total. The molecular formula is C12H21NO2. The number of rotatable bonds is 3. The summed E-state index contributed by atoms with van der Waals surface area (Å²) in [4.78, 5) is 10.7. The Morgan fingerprint density at radius 2 is 2.20 bits per heavy atom. The van der Waals surface area contributed by atoms with Crippen LogP contribution >= 0.6 is 0 Å². The molecule has 0 aromatic rings. The normalized spacial score (nSPS) is 48.5. The molecule has 0 amide bonds. The van der Waals surface area contributed by atoms with Crippen LogP contribution in [0.3, 0.4) is 0 Å². The van der Waals surface area contributed by atoms with Crippen molar-refractivity contribution in [3.05, 3.63) is 0 Å². The van der Waals surface area contributed by atoms with E-state index in [-0.39, 0.29) is 23.3 Å². The summed E-state index contributed by atoms with van der Waals surface area (Å²) < 4.78 is 0. The van der Waals surface area contributed by atoms with Crippen LogP contribution in [0, 0.1) is 16.7 Å². The molecule has 15 heavy (non-hydrogen) atoms. The highest BCUT2D eigenvalue weighted by molar-refractivity contribution is 5.66. The summed E-state index contributed by atoms with van der Waals surface area (Å²) in [5, 5.41) is 8.80. The molecule has 0 spiro atoms. The first-order valence-corrected chi connectivity index (χ1v) is 5.87. The van der Waals surface area contributed by atoms with E-state index >= 15 is 0 Å². The van der Waals surface area contributed by atoms with E-state index in [4.69, 9.17) is 10.8 Å². The number of carboxylic acid groups (broad SMARTS) is 1. The van der Waals surface area contributed by atoms with Crippen LogP contribution in [0.4, 0.5) is 0 Å². The average molecular weight is 211 g/mol. The van der Waals surface area contributed by atoms with E-state index in [1.165, 1.54) is 12.8 Å². The van der Waals surface area contributed by atoms with Gasteiger partial charge in [-0.2, -0.15) is 0 Å². The summed E-state index contributed by atoms with van der Waals surface area (Å²) >= 11 is 0. The minimum atomic E-state index is -0.681. The maximum absolute atomic E-state index is 10.7. The summed E-state index contributed by atoms with van der Waals surface area (Å²) in [5.41, 5.74) is 6.52. The van der Waals surface area contributed by atoms with Crippen molar-refractivity contribution in [1.29, 1.82) is 0 Å². The molecule has 2 aliphatic carbocycles. The van der Waals surface area contributed by atoms with E-state index in [1.54, 1.807) is 0 Å². The number of hydrogen-bond donors (Lipinski definition) is 2. The smallest absolute Gasteiger partial charge is 0.303 e. The van der Waals surface area contributed by atoms with Gasteiger partial charge in [0.25, 0.3) is 0 Å². The molecule has 0 radical (unpaired) electrons. The SMILES string of the molecule is C[C@]12CC[C@@H](C[C@@H]1N)[C@@]2(C)CCC(=O)O. The van der Waals surface area contributed by atoms with Gasteiger partial charge in [-0.15, -0.1) is 0 Å². The molecule has 0 saturated heterocycles. The van der Waals surface area contributed by atoms with E-state index in [0.29, 0.717) is 5.92 Å². The van der Waals surface area contributed by atoms with Gasteiger partial charge in [0.05, 0.1) is 0 Å². The lowest BCUT2D eigenvalue weighted by Gasteiger charge is -2.40. The summed E-state index contributed by atoms with van der Waals surface area (Å²) in [7, 11) is 0. The van der Waals surface area contributed by atoms with Crippen LogP contribution in [0.15, 0.2) is 0 Å². The van der Waals surface area contributed by atoms with Crippen molar-refractivity contribution in [3.63, 3.8) is 0 Å². The molecule has 0 heterocycles. The van der Waals surface area contributed by atoms with E-state index in [1.807, 2.05) is 0 Å². The van der Waals surface area contributed by atoms with Crippen molar-refractivity contribution >= 4 is 5.97 Å². The lowest BCUT2D eigenvalue weighted by Crippen LogP contribution is -2.42. The molecule has 86 valence electrons. The van der Waals surface area contributed by atoms with Crippen LogP contribution in [0.1, 0.15) is 46.0 Å². The Labute approximate surface area is 91.0 Å². The summed E-state index contributed by atoms with van der Waals surface area (Å²) in [6, 6.07) is 0.273. The minimum absolute atomic E-state index is 0.158. The summed E-state index contributed by atoms with van der Waals surface area (Å²) in [6.45, 7) is 4.51. The number of aliphatic carboxylic acids is 1. The highest BCUT2D eigenvalue weighted by Crippen LogP contribution is 2.66. The molecule has 2 aliphatic rings. The van der Waals surface area contributed by atoms with E-state index in [9.17, 15) is 4.79 Å². The van der Waals surface area contributed by atoms with Gasteiger partial charge >= 0.3 is 5.97 Å². The fourth-order valence-corrected chi connectivity index (χ4v) is 3.95. The second kappa shape index (κ2) is 3.21. The van der Waals surface area contributed by atoms with Crippen molar-refractivity contribution in [2.45, 2.75) is 52.0 Å². The Bertz CT molecular complexity index is 291. The van der Waals surface area contributed by atoms with Crippen LogP contribution in [0.5, 0.6) is 0 Å². The Kier molecular flexibility index (Phi) is 2.34. The maximum atomic E-state index is 10.7. The zero-order chi connectivity index (χ0) is 11.3. The molecule has 2 bridgehead atoms. The fraction of sp³-hybridized carbons (Fsp3) is 0.917. The quantitative estimate of drug-likeness (QED) is 0.750. The second-order valence-corrected chi connectivity index (χ2v) is 5.81. The zero-order valence-electron chi connectivity index (χ0n) is 9.62. The number of hydrogen-bond acceptors (Lipinski definition) is 2. The molecular weight excluding hydrogens is 190 g/mol. The van der Waals surface area contributed by atoms with E-state index in [0.717, 1.165) is 12.8 Å². The standard InChI is InChI=1S/C12H21NO2/c1-11(6-4-10(14)15)8-3-5-12(11,2)9(13)7-8/h8-9H,3-7,13H2,1-2H3,(H,14,15)/t8-,9-,11+,12-/m0/s1. The zero-order valence-corrected chi connectivity index (χ0v) is 9.62. The highest BCUT2D eigenvalue weighted by Gasteiger charge is 2.62. The molecule has 2 fully saturated rings. The number of carbonyl (C=O) groups is 1. The van der Waals surface area contributed by atoms with Crippen LogP contribution in [-0.4, -0.2) is 17.1 Å². The van der Waals surface area contributed by atoms with Gasteiger partial charge in [0.2, 0.25) is 0 Å². The van der Waals surface area contributed by atoms with Crippen molar-refractivity contribution in [2.24, 2.45) is 22.5 Å². The number of carboxylic acids is 1. The molecule has 3 heteroatoms. The fourth-order valence-electron chi connectivity index (χ4n) is 3.95. The Hall–Kier alpha value is -0.570. The monoisotopic (exact) mass is 211 g/mol. The highest BCUT2D eigenvalue weighted by atomic mass is 16.4. The lowest BCUT2D eigenvalue weighted by atomic mass is 9.65. The van der Waals surface area contributed by atoms with Crippen molar-refractivity contribution in [1.82, 2.24) is 0 Å². The first-order chi connectivity index (χ1) is 6.90. The third kappa shape index (κ3) is 1.32. The third-order valence-electron chi connectivity index (χ3n) is 5.43. The van der Waals surface area contributed by atoms with Crippen LogP contribution in [0.25, 0.3) is 0 Å². The van der Waals surface area contributed by atoms with E-state index < -0.39 is 5.97 Å². The second-order valence-electron chi connectivity index (χ2n) is 5.81. The van der Waals surface area contributed by atoms with Crippen LogP contribution < -0.4 is 5.73 Å². The molecule has 0 unspecified atom stereocenters. The van der Waals surface area contributed by atoms with Gasteiger partial charge < -0.3 is 10.8 Å². The van der Waals surface area contributed by atoms with Crippen molar-refractivity contribution < 1.29 is 9.90 Å². The Morgan fingerprint density at radius 3 is 2.60 bits per heavy atom. The van der Waals surface area contributed by atoms with Crippen LogP contribution in [0.2, 0.25) is 0 Å². The van der Waals surface area contributed by atoms with E-state index in [2.05, 4.69) is 13.8 Å². The van der Waals surface area contributed by atoms with Gasteiger partial charge in [-0.05, 0) is 42.4 Å². The largest absolute Gasteiger partial charge is 0.481 e. The van der Waals surface area contributed by atoms with Gasteiger partial charge in [-0.3, -0.25) is 4.79 Å². The summed E-state index contributed by atoms with van der Waals surface area (Å²) in [5.74, 6) is -0.0310. The Balaban J connectivity index is 2.17. The minimum Gasteiger partial charge on any atom is -0.481 e. The average Bonchev–Trinajstić information content (AvgIpc) is 2.50. The van der Waals surface area contributed by atoms with Gasteiger partial charge in [0.1, 0.15) is 0 Å². The third-order valence-corrected chi connectivity index (χ3v) is 5.43. The van der Waals surface area contributed by atoms with Gasteiger partial charge in [0, 0.05) is 12.5 Å². The first kappa shape index (κ1) is 10.9. The Morgan fingerprint density at radius 1 is 1.53 bits per heavy atom. The molecule has 0 aromatic heterocycles. The lowest BCUT2D eigenvalue weighted by molar-refractivity contribution is -0.138. The first-order valence-electron chi connectivity index (χ1n) is 5.87. The van der Waals surface area contributed by atoms with Gasteiger partial charge in [-0.1, -0.05) is 13.8 Å². The number of fused-ring (bicyclic) bond motifs is 2. The molecule has 4 atom stereocenters. The molecule has 3 nitrogen and oxygen atoms in total. The van der Waals surface area contributed by atoms with Crippen molar-refractivity contribution in [2.75, 3.05) is 0 Å². The maximum Gasteiger partial charge on any atom is 0.303 e. The predicted octanol–water partition coefficient (Wildman–Crippen LogP) is 2.00. The summed E-state index contributed by atoms with van der Waals surface area (Å²) in [6.07, 6.45) is 4.58.